The fourth-order valence-electron chi connectivity index (χ4n) is 2.83. The number of nitrogens with zero attached hydrogens (tertiary/aromatic N) is 1. The first-order valence-corrected chi connectivity index (χ1v) is 8.29. The SMILES string of the molecule is COc1cc[n+]([O-])cc1[Si](F)(C(C)(C)C)C(C)(C)C. The molecule has 0 saturated carbocycles. The van der Waals surface area contributed by atoms with Crippen molar-refractivity contribution in [3.63, 3.8) is 0 Å². The summed E-state index contributed by atoms with van der Waals surface area (Å²) in [5.41, 5.74) is 0. The predicted octanol–water partition coefficient (Wildman–Crippen LogP) is 3.05. The second-order valence-corrected chi connectivity index (χ2v) is 11.8. The van der Waals surface area contributed by atoms with E-state index in [2.05, 4.69) is 0 Å². The van der Waals surface area contributed by atoms with Crippen molar-refractivity contribution in [2.75, 3.05) is 7.11 Å². The Labute approximate surface area is 116 Å². The third-order valence-corrected chi connectivity index (χ3v) is 8.80. The van der Waals surface area contributed by atoms with Gasteiger partial charge in [0.2, 0.25) is 0 Å². The maximum absolute atomic E-state index is 16.1. The molecule has 0 aromatic carbocycles. The van der Waals surface area contributed by atoms with Gasteiger partial charge in [0.1, 0.15) is 5.75 Å². The summed E-state index contributed by atoms with van der Waals surface area (Å²) in [5.74, 6) is 0.464. The Morgan fingerprint density at radius 2 is 1.63 bits per heavy atom. The van der Waals surface area contributed by atoms with Gasteiger partial charge in [-0.1, -0.05) is 41.5 Å². The Balaban J connectivity index is 3.65. The summed E-state index contributed by atoms with van der Waals surface area (Å²) in [6.07, 6.45) is 2.67. The quantitative estimate of drug-likeness (QED) is 0.362. The first-order chi connectivity index (χ1) is 8.45. The van der Waals surface area contributed by atoms with E-state index in [-0.39, 0.29) is 0 Å². The number of hydrogen-bond acceptors (Lipinski definition) is 2. The molecule has 3 nitrogen and oxygen atoms in total. The van der Waals surface area contributed by atoms with E-state index in [1.807, 2.05) is 41.5 Å². The Morgan fingerprint density at radius 3 is 2.00 bits per heavy atom. The molecule has 0 fully saturated rings. The van der Waals surface area contributed by atoms with Gasteiger partial charge in [-0.05, 0) is 10.1 Å². The molecule has 0 N–H and O–H groups in total. The highest BCUT2D eigenvalue weighted by atomic mass is 28.4. The van der Waals surface area contributed by atoms with Gasteiger partial charge in [0.25, 0.3) is 8.41 Å². The van der Waals surface area contributed by atoms with E-state index in [1.165, 1.54) is 19.5 Å². The molecule has 0 saturated heterocycles. The summed E-state index contributed by atoms with van der Waals surface area (Å²) < 4.78 is 22.0. The van der Waals surface area contributed by atoms with Crippen LogP contribution in [-0.4, -0.2) is 15.5 Å². The number of halogens is 1. The van der Waals surface area contributed by atoms with Crippen LogP contribution in [0.4, 0.5) is 4.11 Å². The van der Waals surface area contributed by atoms with E-state index >= 15 is 4.11 Å². The zero-order valence-corrected chi connectivity index (χ0v) is 13.9. The van der Waals surface area contributed by atoms with Gasteiger partial charge in [-0.3, -0.25) is 0 Å². The monoisotopic (exact) mass is 285 g/mol. The van der Waals surface area contributed by atoms with Crippen LogP contribution in [0, 0.1) is 5.21 Å². The van der Waals surface area contributed by atoms with Gasteiger partial charge in [-0.2, -0.15) is 4.73 Å². The fraction of sp³-hybridized carbons (Fsp3) is 0.643. The van der Waals surface area contributed by atoms with Crippen molar-refractivity contribution in [3.05, 3.63) is 23.7 Å². The first-order valence-electron chi connectivity index (χ1n) is 6.41. The van der Waals surface area contributed by atoms with Gasteiger partial charge in [0.15, 0.2) is 12.4 Å². The van der Waals surface area contributed by atoms with Crippen LogP contribution in [-0.2, 0) is 0 Å². The molecule has 1 aromatic rings. The number of aromatic nitrogens is 1. The Hall–Kier alpha value is -1.10. The van der Waals surface area contributed by atoms with Crippen molar-refractivity contribution in [1.82, 2.24) is 0 Å². The highest BCUT2D eigenvalue weighted by molar-refractivity contribution is 6.91. The van der Waals surface area contributed by atoms with Gasteiger partial charge < -0.3 is 14.1 Å². The van der Waals surface area contributed by atoms with Crippen LogP contribution in [0.3, 0.4) is 0 Å². The number of methoxy groups -OCH3 is 1. The van der Waals surface area contributed by atoms with Crippen LogP contribution in [0.5, 0.6) is 5.75 Å². The molecule has 0 spiro atoms. The molecule has 1 rings (SSSR count). The van der Waals surface area contributed by atoms with Crippen molar-refractivity contribution in [2.24, 2.45) is 0 Å². The second-order valence-electron chi connectivity index (χ2n) is 6.95. The molecule has 5 heteroatoms. The van der Waals surface area contributed by atoms with Gasteiger partial charge in [0, 0.05) is 6.07 Å². The molecule has 19 heavy (non-hydrogen) atoms. The first kappa shape index (κ1) is 16.0. The van der Waals surface area contributed by atoms with E-state index < -0.39 is 18.5 Å². The predicted molar refractivity (Wildman–Crippen MR) is 77.9 cm³/mol. The van der Waals surface area contributed by atoms with Gasteiger partial charge >= 0.3 is 0 Å². The number of rotatable bonds is 2. The maximum Gasteiger partial charge on any atom is 0.298 e. The third kappa shape index (κ3) is 2.61. The Bertz CT molecular complexity index is 449. The van der Waals surface area contributed by atoms with Crippen molar-refractivity contribution in [3.8, 4) is 5.75 Å². The van der Waals surface area contributed by atoms with Crippen molar-refractivity contribution in [1.29, 1.82) is 0 Å². The molecular weight excluding hydrogens is 261 g/mol. The van der Waals surface area contributed by atoms with E-state index in [9.17, 15) is 5.21 Å². The molecule has 0 aliphatic heterocycles. The van der Waals surface area contributed by atoms with Crippen molar-refractivity contribution < 1.29 is 13.6 Å². The molecule has 0 amide bonds. The minimum Gasteiger partial charge on any atom is -0.619 e. The fourth-order valence-corrected chi connectivity index (χ4v) is 7.53. The van der Waals surface area contributed by atoms with Gasteiger partial charge in [-0.15, -0.1) is 0 Å². The van der Waals surface area contributed by atoms with E-state index in [4.69, 9.17) is 4.74 Å². The molecule has 0 bridgehead atoms. The molecule has 0 unspecified atom stereocenters. The topological polar surface area (TPSA) is 36.2 Å². The van der Waals surface area contributed by atoms with Gasteiger partial charge in [0.05, 0.1) is 12.3 Å². The largest absolute Gasteiger partial charge is 0.619 e. The average Bonchev–Trinajstić information content (AvgIpc) is 2.24. The highest BCUT2D eigenvalue weighted by Gasteiger charge is 2.59. The lowest BCUT2D eigenvalue weighted by Gasteiger charge is -2.44. The lowest BCUT2D eigenvalue weighted by Crippen LogP contribution is -2.59. The van der Waals surface area contributed by atoms with Crippen LogP contribution in [0.25, 0.3) is 0 Å². The van der Waals surface area contributed by atoms with E-state index in [1.54, 1.807) is 6.07 Å². The van der Waals surface area contributed by atoms with Crippen LogP contribution in [0.2, 0.25) is 10.1 Å². The molecule has 0 atom stereocenters. The standard InChI is InChI=1S/C14H24FNO2Si/c1-13(2,3)19(15,14(4,5)6)12-10-16(17)9-8-11(12)18-7/h8-10H,1-7H3. The van der Waals surface area contributed by atoms with Crippen LogP contribution in [0.15, 0.2) is 18.5 Å². The Kier molecular flexibility index (Phi) is 4.01. The molecule has 0 radical (unpaired) electrons. The van der Waals surface area contributed by atoms with Crippen LogP contribution in [0.1, 0.15) is 41.5 Å². The summed E-state index contributed by atoms with van der Waals surface area (Å²) in [6.45, 7) is 11.4. The van der Waals surface area contributed by atoms with Crippen LogP contribution >= 0.6 is 0 Å². The maximum atomic E-state index is 16.1. The summed E-state index contributed by atoms with van der Waals surface area (Å²) in [5, 5.41) is 10.9. The second kappa shape index (κ2) is 4.78. The van der Waals surface area contributed by atoms with Gasteiger partial charge in [-0.25, -0.2) is 0 Å². The normalized spacial score (nSPS) is 13.5. The summed E-state index contributed by atoms with van der Waals surface area (Å²) in [6, 6.07) is 1.54. The number of pyridine rings is 1. The third-order valence-electron chi connectivity index (χ3n) is 3.55. The minimum absolute atomic E-state index is 0.438. The number of hydrogen-bond donors (Lipinski definition) is 0. The summed E-state index contributed by atoms with van der Waals surface area (Å²) in [4.78, 5) is 0. The average molecular weight is 285 g/mol. The molecular formula is C14H24FNO2Si. The zero-order chi connectivity index (χ0) is 15.1. The smallest absolute Gasteiger partial charge is 0.298 e. The molecule has 0 aliphatic rings. The molecule has 1 heterocycles. The molecule has 1 aromatic heterocycles. The van der Waals surface area contributed by atoms with Crippen LogP contribution < -0.4 is 14.7 Å². The lowest BCUT2D eigenvalue weighted by molar-refractivity contribution is -0.604. The van der Waals surface area contributed by atoms with E-state index in [0.29, 0.717) is 15.7 Å². The lowest BCUT2D eigenvalue weighted by atomic mass is 10.2. The van der Waals surface area contributed by atoms with E-state index in [0.717, 1.165) is 0 Å². The Morgan fingerprint density at radius 1 is 1.16 bits per heavy atom. The van der Waals surface area contributed by atoms with Crippen molar-refractivity contribution >= 4 is 13.6 Å². The molecule has 108 valence electrons. The molecule has 0 aliphatic carbocycles. The van der Waals surface area contributed by atoms with Crippen molar-refractivity contribution in [2.45, 2.75) is 51.6 Å². The number of ether oxygens (including phenoxy) is 1. The minimum atomic E-state index is -3.47. The zero-order valence-electron chi connectivity index (χ0n) is 12.9. The summed E-state index contributed by atoms with van der Waals surface area (Å²) in [7, 11) is -1.96. The summed E-state index contributed by atoms with van der Waals surface area (Å²) >= 11 is 0. The highest BCUT2D eigenvalue weighted by Crippen LogP contribution is 2.52.